The third-order valence-electron chi connectivity index (χ3n) is 4.26. The lowest BCUT2D eigenvalue weighted by Crippen LogP contribution is -2.38. The van der Waals surface area contributed by atoms with Crippen LogP contribution in [-0.4, -0.2) is 30.8 Å². The zero-order valence-electron chi connectivity index (χ0n) is 15.5. The molecule has 2 aromatic carbocycles. The van der Waals surface area contributed by atoms with Gasteiger partial charge in [0.05, 0.1) is 24.8 Å². The average Bonchev–Trinajstić information content (AvgIpc) is 2.94. The average molecular weight is 408 g/mol. The molecule has 0 spiro atoms. The van der Waals surface area contributed by atoms with Crippen LogP contribution >= 0.6 is 0 Å². The molecule has 2 aromatic rings. The number of benzene rings is 2. The van der Waals surface area contributed by atoms with E-state index >= 15 is 0 Å². The standard InChI is InChI=1S/C20H19F3N2O4/c1-2-28-15-9-5-14(6-10-15)25-18(26)11-17(19(25)27)24-12-13-3-7-16(8-4-13)29-20(21,22)23/h3-10,17,24H,2,11-12H2,1H3/t17-/m0/s1. The first kappa shape index (κ1) is 20.7. The van der Waals surface area contributed by atoms with E-state index in [1.807, 2.05) is 6.92 Å². The van der Waals surface area contributed by atoms with Crippen LogP contribution in [0.4, 0.5) is 18.9 Å². The van der Waals surface area contributed by atoms with Gasteiger partial charge in [0.25, 0.3) is 5.91 Å². The van der Waals surface area contributed by atoms with Gasteiger partial charge in [-0.2, -0.15) is 0 Å². The van der Waals surface area contributed by atoms with Gasteiger partial charge in [-0.1, -0.05) is 12.1 Å². The molecule has 0 aliphatic carbocycles. The molecule has 1 atom stereocenters. The number of hydrogen-bond acceptors (Lipinski definition) is 5. The molecule has 3 rings (SSSR count). The Kier molecular flexibility index (Phi) is 6.07. The topological polar surface area (TPSA) is 67.9 Å². The van der Waals surface area contributed by atoms with Gasteiger partial charge >= 0.3 is 6.36 Å². The van der Waals surface area contributed by atoms with Crippen LogP contribution in [0.25, 0.3) is 0 Å². The Bertz CT molecular complexity index is 867. The van der Waals surface area contributed by atoms with E-state index in [2.05, 4.69) is 10.1 Å². The fourth-order valence-electron chi connectivity index (χ4n) is 2.97. The first-order valence-corrected chi connectivity index (χ1v) is 8.94. The minimum atomic E-state index is -4.75. The van der Waals surface area contributed by atoms with Crippen LogP contribution in [0.15, 0.2) is 48.5 Å². The zero-order valence-corrected chi connectivity index (χ0v) is 15.5. The molecule has 29 heavy (non-hydrogen) atoms. The molecule has 0 saturated carbocycles. The Hall–Kier alpha value is -3.07. The lowest BCUT2D eigenvalue weighted by Gasteiger charge is -2.16. The molecule has 9 heteroatoms. The summed E-state index contributed by atoms with van der Waals surface area (Å²) in [6, 6.07) is 11.2. The quantitative estimate of drug-likeness (QED) is 0.712. The minimum absolute atomic E-state index is 0.00130. The SMILES string of the molecule is CCOc1ccc(N2C(=O)C[C@H](NCc3ccc(OC(F)(F)F)cc3)C2=O)cc1. The highest BCUT2D eigenvalue weighted by Gasteiger charge is 2.39. The Labute approximate surface area is 165 Å². The highest BCUT2D eigenvalue weighted by Crippen LogP contribution is 2.26. The van der Waals surface area contributed by atoms with Crippen molar-refractivity contribution in [3.8, 4) is 11.5 Å². The monoisotopic (exact) mass is 408 g/mol. The van der Waals surface area contributed by atoms with Crippen molar-refractivity contribution in [2.75, 3.05) is 11.5 Å². The van der Waals surface area contributed by atoms with Crippen molar-refractivity contribution in [2.45, 2.75) is 32.3 Å². The number of carbonyl (C=O) groups is 2. The van der Waals surface area contributed by atoms with Crippen LogP contribution in [-0.2, 0) is 16.1 Å². The van der Waals surface area contributed by atoms with E-state index in [1.54, 1.807) is 24.3 Å². The van der Waals surface area contributed by atoms with Gasteiger partial charge in [0, 0.05) is 6.54 Å². The van der Waals surface area contributed by atoms with Crippen molar-refractivity contribution >= 4 is 17.5 Å². The maximum atomic E-state index is 12.6. The molecule has 2 amide bonds. The Morgan fingerprint density at radius 2 is 1.66 bits per heavy atom. The van der Waals surface area contributed by atoms with Gasteiger partial charge < -0.3 is 14.8 Å². The van der Waals surface area contributed by atoms with E-state index in [9.17, 15) is 22.8 Å². The second-order valence-electron chi connectivity index (χ2n) is 6.32. The summed E-state index contributed by atoms with van der Waals surface area (Å²) in [6.45, 7) is 2.58. The Balaban J connectivity index is 1.60. The molecule has 1 fully saturated rings. The maximum absolute atomic E-state index is 12.6. The number of ether oxygens (including phenoxy) is 2. The smallest absolute Gasteiger partial charge is 0.494 e. The van der Waals surface area contributed by atoms with Gasteiger partial charge in [0.2, 0.25) is 5.91 Å². The lowest BCUT2D eigenvalue weighted by molar-refractivity contribution is -0.274. The summed E-state index contributed by atoms with van der Waals surface area (Å²) in [4.78, 5) is 26.0. The molecule has 0 radical (unpaired) electrons. The second-order valence-corrected chi connectivity index (χ2v) is 6.32. The number of alkyl halides is 3. The van der Waals surface area contributed by atoms with Crippen LogP contribution in [0.3, 0.4) is 0 Å². The summed E-state index contributed by atoms with van der Waals surface area (Å²) in [6.07, 6.45) is -4.75. The largest absolute Gasteiger partial charge is 0.573 e. The molecular weight excluding hydrogens is 389 g/mol. The number of nitrogens with zero attached hydrogens (tertiary/aromatic N) is 1. The van der Waals surface area contributed by atoms with Gasteiger partial charge in [0.1, 0.15) is 11.5 Å². The lowest BCUT2D eigenvalue weighted by atomic mass is 10.2. The number of nitrogens with one attached hydrogen (secondary N) is 1. The van der Waals surface area contributed by atoms with Crippen molar-refractivity contribution in [3.63, 3.8) is 0 Å². The van der Waals surface area contributed by atoms with Crippen LogP contribution in [0.5, 0.6) is 11.5 Å². The number of rotatable bonds is 7. The number of hydrogen-bond donors (Lipinski definition) is 1. The zero-order chi connectivity index (χ0) is 21.0. The molecule has 1 saturated heterocycles. The van der Waals surface area contributed by atoms with E-state index in [0.717, 1.165) is 4.90 Å². The summed E-state index contributed by atoms with van der Waals surface area (Å²) in [7, 11) is 0. The number of imide groups is 1. The second kappa shape index (κ2) is 8.52. The van der Waals surface area contributed by atoms with Crippen LogP contribution in [0, 0.1) is 0 Å². The van der Waals surface area contributed by atoms with Crippen molar-refractivity contribution in [1.29, 1.82) is 0 Å². The van der Waals surface area contributed by atoms with Gasteiger partial charge in [-0.3, -0.25) is 9.59 Å². The fraction of sp³-hybridized carbons (Fsp3) is 0.300. The van der Waals surface area contributed by atoms with Gasteiger partial charge in [-0.25, -0.2) is 4.90 Å². The van der Waals surface area contributed by atoms with Crippen LogP contribution in [0.2, 0.25) is 0 Å². The highest BCUT2D eigenvalue weighted by molar-refractivity contribution is 6.22. The van der Waals surface area contributed by atoms with Crippen LogP contribution in [0.1, 0.15) is 18.9 Å². The summed E-state index contributed by atoms with van der Waals surface area (Å²) in [5.74, 6) is -0.389. The van der Waals surface area contributed by atoms with Crippen molar-refractivity contribution in [3.05, 3.63) is 54.1 Å². The van der Waals surface area contributed by atoms with Gasteiger partial charge in [-0.05, 0) is 48.9 Å². The van der Waals surface area contributed by atoms with E-state index in [1.165, 1.54) is 24.3 Å². The molecule has 6 nitrogen and oxygen atoms in total. The summed E-state index contributed by atoms with van der Waals surface area (Å²) in [5.41, 5.74) is 1.11. The van der Waals surface area contributed by atoms with Crippen molar-refractivity contribution in [1.82, 2.24) is 5.32 Å². The van der Waals surface area contributed by atoms with E-state index in [0.29, 0.717) is 23.6 Å². The molecule has 1 aliphatic heterocycles. The fourth-order valence-corrected chi connectivity index (χ4v) is 2.97. The first-order chi connectivity index (χ1) is 13.8. The van der Waals surface area contributed by atoms with E-state index in [-0.39, 0.29) is 30.5 Å². The van der Waals surface area contributed by atoms with Gasteiger partial charge in [0.15, 0.2) is 0 Å². The predicted octanol–water partition coefficient (Wildman–Crippen LogP) is 3.41. The van der Waals surface area contributed by atoms with Crippen molar-refractivity contribution in [2.24, 2.45) is 0 Å². The summed E-state index contributed by atoms with van der Waals surface area (Å²) >= 11 is 0. The summed E-state index contributed by atoms with van der Waals surface area (Å²) < 4.78 is 45.8. The third kappa shape index (κ3) is 5.26. The Morgan fingerprint density at radius 3 is 2.24 bits per heavy atom. The van der Waals surface area contributed by atoms with E-state index < -0.39 is 12.4 Å². The highest BCUT2D eigenvalue weighted by atomic mass is 19.4. The van der Waals surface area contributed by atoms with Crippen LogP contribution < -0.4 is 19.7 Å². The van der Waals surface area contributed by atoms with E-state index in [4.69, 9.17) is 4.74 Å². The molecule has 1 heterocycles. The number of anilines is 1. The maximum Gasteiger partial charge on any atom is 0.573 e. The number of carbonyl (C=O) groups excluding carboxylic acids is 2. The molecule has 0 aromatic heterocycles. The molecule has 1 aliphatic rings. The Morgan fingerprint density at radius 1 is 1.03 bits per heavy atom. The van der Waals surface area contributed by atoms with Gasteiger partial charge in [-0.15, -0.1) is 13.2 Å². The minimum Gasteiger partial charge on any atom is -0.494 e. The number of halogens is 3. The molecule has 0 unspecified atom stereocenters. The molecule has 154 valence electrons. The number of amides is 2. The first-order valence-electron chi connectivity index (χ1n) is 8.94. The third-order valence-corrected chi connectivity index (χ3v) is 4.26. The molecule has 0 bridgehead atoms. The summed E-state index contributed by atoms with van der Waals surface area (Å²) in [5, 5.41) is 2.98. The molecule has 1 N–H and O–H groups in total. The normalized spacial score (nSPS) is 17.0. The van der Waals surface area contributed by atoms with Crippen molar-refractivity contribution < 1.29 is 32.2 Å². The predicted molar refractivity (Wildman–Crippen MR) is 98.5 cm³/mol. The molecular formula is C20H19F3N2O4.